The van der Waals surface area contributed by atoms with Gasteiger partial charge in [-0.3, -0.25) is 14.5 Å². The lowest BCUT2D eigenvalue weighted by Gasteiger charge is -2.33. The van der Waals surface area contributed by atoms with Gasteiger partial charge in [0, 0.05) is 25.2 Å². The molecule has 1 aromatic carbocycles. The Hall–Kier alpha value is -2.60. The van der Waals surface area contributed by atoms with E-state index in [0.29, 0.717) is 13.1 Å². The van der Waals surface area contributed by atoms with Crippen molar-refractivity contribution in [3.8, 4) is 0 Å². The van der Waals surface area contributed by atoms with Crippen LogP contribution in [0.3, 0.4) is 0 Å². The van der Waals surface area contributed by atoms with Gasteiger partial charge in [-0.2, -0.15) is 0 Å². The average Bonchev–Trinajstić information content (AvgIpc) is 3.41. The number of hydrogen-bond donors (Lipinski definition) is 1. The molecule has 4 rings (SSSR count). The van der Waals surface area contributed by atoms with Gasteiger partial charge in [-0.15, -0.1) is 0 Å². The SMILES string of the molecule is Cc1cccc(N2CC(C(=O)NCC(c3ccco3)N3CCCCC3)CC2=O)c1C. The van der Waals surface area contributed by atoms with Gasteiger partial charge in [0.2, 0.25) is 11.8 Å². The Kier molecular flexibility index (Phi) is 6.23. The molecular formula is C24H31N3O3. The van der Waals surface area contributed by atoms with E-state index in [1.54, 1.807) is 11.2 Å². The van der Waals surface area contributed by atoms with Crippen molar-refractivity contribution in [3.05, 3.63) is 53.5 Å². The number of carbonyl (C=O) groups is 2. The van der Waals surface area contributed by atoms with Gasteiger partial charge in [-0.05, 0) is 69.1 Å². The minimum absolute atomic E-state index is 0.0162. The van der Waals surface area contributed by atoms with Crippen LogP contribution in [-0.4, -0.2) is 42.9 Å². The zero-order valence-corrected chi connectivity index (χ0v) is 17.9. The minimum atomic E-state index is -0.323. The number of rotatable bonds is 6. The maximum atomic E-state index is 12.9. The van der Waals surface area contributed by atoms with Crippen LogP contribution in [0.5, 0.6) is 0 Å². The summed E-state index contributed by atoms with van der Waals surface area (Å²) in [7, 11) is 0. The van der Waals surface area contributed by atoms with E-state index in [-0.39, 0.29) is 30.2 Å². The van der Waals surface area contributed by atoms with Crippen molar-refractivity contribution in [1.29, 1.82) is 0 Å². The first-order valence-electron chi connectivity index (χ1n) is 11.0. The van der Waals surface area contributed by atoms with Crippen LogP contribution in [0, 0.1) is 19.8 Å². The van der Waals surface area contributed by atoms with E-state index in [1.165, 1.54) is 19.3 Å². The highest BCUT2D eigenvalue weighted by Crippen LogP contribution is 2.30. The van der Waals surface area contributed by atoms with Crippen LogP contribution >= 0.6 is 0 Å². The first-order chi connectivity index (χ1) is 14.5. The smallest absolute Gasteiger partial charge is 0.227 e. The van der Waals surface area contributed by atoms with Gasteiger partial charge in [0.25, 0.3) is 0 Å². The van der Waals surface area contributed by atoms with Crippen molar-refractivity contribution in [2.24, 2.45) is 5.92 Å². The molecule has 0 aliphatic carbocycles. The molecule has 0 bridgehead atoms. The van der Waals surface area contributed by atoms with Crippen LogP contribution < -0.4 is 10.2 Å². The summed E-state index contributed by atoms with van der Waals surface area (Å²) in [5.74, 6) is 0.528. The number of anilines is 1. The van der Waals surface area contributed by atoms with Gasteiger partial charge >= 0.3 is 0 Å². The number of hydrogen-bond acceptors (Lipinski definition) is 4. The Labute approximate surface area is 178 Å². The summed E-state index contributed by atoms with van der Waals surface area (Å²) in [5, 5.41) is 3.11. The Morgan fingerprint density at radius 1 is 1.17 bits per heavy atom. The second-order valence-electron chi connectivity index (χ2n) is 8.50. The molecule has 3 heterocycles. The number of carbonyl (C=O) groups excluding carboxylic acids is 2. The van der Waals surface area contributed by atoms with Crippen LogP contribution in [0.2, 0.25) is 0 Å². The highest BCUT2D eigenvalue weighted by atomic mass is 16.3. The minimum Gasteiger partial charge on any atom is -0.468 e. The van der Waals surface area contributed by atoms with E-state index in [4.69, 9.17) is 4.42 Å². The van der Waals surface area contributed by atoms with E-state index < -0.39 is 0 Å². The number of benzene rings is 1. The summed E-state index contributed by atoms with van der Waals surface area (Å²) in [5.41, 5.74) is 3.16. The normalized spacial score (nSPS) is 21.1. The molecular weight excluding hydrogens is 378 g/mol. The molecule has 0 radical (unpaired) electrons. The fourth-order valence-corrected chi connectivity index (χ4v) is 4.61. The largest absolute Gasteiger partial charge is 0.468 e. The number of likely N-dealkylation sites (tertiary alicyclic amines) is 1. The van der Waals surface area contributed by atoms with E-state index in [0.717, 1.165) is 35.7 Å². The maximum Gasteiger partial charge on any atom is 0.227 e. The van der Waals surface area contributed by atoms with Gasteiger partial charge < -0.3 is 14.6 Å². The van der Waals surface area contributed by atoms with Crippen LogP contribution in [0.15, 0.2) is 41.0 Å². The Balaban J connectivity index is 1.41. The third-order valence-electron chi connectivity index (χ3n) is 6.54. The second-order valence-corrected chi connectivity index (χ2v) is 8.50. The average molecular weight is 410 g/mol. The lowest BCUT2D eigenvalue weighted by molar-refractivity contribution is -0.126. The molecule has 2 aliphatic heterocycles. The third kappa shape index (κ3) is 4.29. The molecule has 6 heteroatoms. The van der Waals surface area contributed by atoms with Gasteiger partial charge in [-0.1, -0.05) is 18.6 Å². The highest BCUT2D eigenvalue weighted by molar-refractivity contribution is 6.00. The number of nitrogens with one attached hydrogen (secondary N) is 1. The first kappa shape index (κ1) is 20.7. The van der Waals surface area contributed by atoms with Gasteiger partial charge in [0.15, 0.2) is 0 Å². The van der Waals surface area contributed by atoms with Crippen molar-refractivity contribution < 1.29 is 14.0 Å². The zero-order valence-electron chi connectivity index (χ0n) is 17.9. The standard InChI is InChI=1S/C24H31N3O3/c1-17-8-6-9-20(18(17)2)27-16-19(14-23(27)28)24(29)25-15-21(22-10-7-13-30-22)26-11-4-3-5-12-26/h6-10,13,19,21H,3-5,11-12,14-16H2,1-2H3,(H,25,29). The van der Waals surface area contributed by atoms with Crippen molar-refractivity contribution in [3.63, 3.8) is 0 Å². The Bertz CT molecular complexity index is 887. The van der Waals surface area contributed by atoms with E-state index in [2.05, 4.69) is 10.2 Å². The fourth-order valence-electron chi connectivity index (χ4n) is 4.61. The molecule has 2 atom stereocenters. The topological polar surface area (TPSA) is 65.8 Å². The molecule has 1 aromatic heterocycles. The molecule has 2 aromatic rings. The number of nitrogens with zero attached hydrogens (tertiary/aromatic N) is 2. The maximum absolute atomic E-state index is 12.9. The van der Waals surface area contributed by atoms with Gasteiger partial charge in [0.05, 0.1) is 18.2 Å². The molecule has 2 saturated heterocycles. The van der Waals surface area contributed by atoms with Gasteiger partial charge in [0.1, 0.15) is 5.76 Å². The molecule has 6 nitrogen and oxygen atoms in total. The van der Waals surface area contributed by atoms with Crippen molar-refractivity contribution >= 4 is 17.5 Å². The predicted molar refractivity (Wildman–Crippen MR) is 116 cm³/mol. The molecule has 1 N–H and O–H groups in total. The lowest BCUT2D eigenvalue weighted by Crippen LogP contribution is -2.42. The Morgan fingerprint density at radius 3 is 2.70 bits per heavy atom. The van der Waals surface area contributed by atoms with Crippen molar-refractivity contribution in [2.75, 3.05) is 31.1 Å². The zero-order chi connectivity index (χ0) is 21.1. The molecule has 2 amide bonds. The molecule has 30 heavy (non-hydrogen) atoms. The van der Waals surface area contributed by atoms with Gasteiger partial charge in [-0.25, -0.2) is 0 Å². The number of piperidine rings is 1. The summed E-state index contributed by atoms with van der Waals surface area (Å²) in [6, 6.07) is 9.88. The summed E-state index contributed by atoms with van der Waals surface area (Å²) in [4.78, 5) is 29.7. The summed E-state index contributed by atoms with van der Waals surface area (Å²) in [6.45, 7) is 7.04. The molecule has 2 aliphatic rings. The van der Waals surface area contributed by atoms with E-state index in [9.17, 15) is 9.59 Å². The number of furan rings is 1. The van der Waals surface area contributed by atoms with Crippen LogP contribution in [-0.2, 0) is 9.59 Å². The van der Waals surface area contributed by atoms with Crippen molar-refractivity contribution in [2.45, 2.75) is 45.6 Å². The summed E-state index contributed by atoms with van der Waals surface area (Å²) < 4.78 is 5.67. The number of aryl methyl sites for hydroxylation is 1. The molecule has 2 fully saturated rings. The fraction of sp³-hybridized carbons (Fsp3) is 0.500. The van der Waals surface area contributed by atoms with Crippen molar-refractivity contribution in [1.82, 2.24) is 10.2 Å². The van der Waals surface area contributed by atoms with Crippen LogP contribution in [0.4, 0.5) is 5.69 Å². The predicted octanol–water partition coefficient (Wildman–Crippen LogP) is 3.59. The molecule has 0 spiro atoms. The van der Waals surface area contributed by atoms with E-state index in [1.807, 2.05) is 44.2 Å². The quantitative estimate of drug-likeness (QED) is 0.792. The number of amides is 2. The lowest BCUT2D eigenvalue weighted by atomic mass is 10.1. The first-order valence-corrected chi connectivity index (χ1v) is 11.0. The van der Waals surface area contributed by atoms with E-state index >= 15 is 0 Å². The van der Waals surface area contributed by atoms with Crippen LogP contribution in [0.1, 0.15) is 48.6 Å². The monoisotopic (exact) mass is 409 g/mol. The highest BCUT2D eigenvalue weighted by Gasteiger charge is 2.36. The summed E-state index contributed by atoms with van der Waals surface area (Å²) >= 11 is 0. The third-order valence-corrected chi connectivity index (χ3v) is 6.54. The van der Waals surface area contributed by atoms with Crippen LogP contribution in [0.25, 0.3) is 0 Å². The Morgan fingerprint density at radius 2 is 1.97 bits per heavy atom. The second kappa shape index (κ2) is 9.04. The molecule has 160 valence electrons. The molecule has 0 saturated carbocycles. The molecule has 2 unspecified atom stereocenters. The summed E-state index contributed by atoms with van der Waals surface area (Å²) in [6.07, 6.45) is 5.55.